The highest BCUT2D eigenvalue weighted by molar-refractivity contribution is 6.35. The largest absolute Gasteiger partial charge is 0.486 e. The third-order valence-electron chi connectivity index (χ3n) is 8.11. The Balaban J connectivity index is 1.29. The number of hydrogen-bond acceptors (Lipinski definition) is 4. The lowest BCUT2D eigenvalue weighted by Crippen LogP contribution is -2.45. The minimum absolute atomic E-state index is 0.0939. The van der Waals surface area contributed by atoms with Crippen molar-refractivity contribution < 1.29 is 19.1 Å². The number of halogens is 2. The van der Waals surface area contributed by atoms with Crippen molar-refractivity contribution in [2.24, 2.45) is 11.3 Å². The Kier molecular flexibility index (Phi) is 9.19. The molecule has 2 N–H and O–H groups in total. The summed E-state index contributed by atoms with van der Waals surface area (Å²) in [6.45, 7) is 8.27. The van der Waals surface area contributed by atoms with E-state index in [4.69, 9.17) is 32.7 Å². The van der Waals surface area contributed by atoms with Crippen molar-refractivity contribution in [3.63, 3.8) is 0 Å². The van der Waals surface area contributed by atoms with E-state index < -0.39 is 0 Å². The van der Waals surface area contributed by atoms with Gasteiger partial charge >= 0.3 is 6.03 Å². The topological polar surface area (TPSA) is 79.9 Å². The molecule has 3 amide bonds. The number of benzene rings is 3. The molecule has 0 unspecified atom stereocenters. The summed E-state index contributed by atoms with van der Waals surface area (Å²) in [6, 6.07) is 17.6. The first-order valence-corrected chi connectivity index (χ1v) is 15.1. The molecule has 0 bridgehead atoms. The number of anilines is 2. The molecule has 1 aliphatic heterocycles. The van der Waals surface area contributed by atoms with Gasteiger partial charge in [0.25, 0.3) is 5.91 Å². The minimum Gasteiger partial charge on any atom is -0.486 e. The lowest BCUT2D eigenvalue weighted by Gasteiger charge is -2.41. The van der Waals surface area contributed by atoms with Crippen LogP contribution < -0.4 is 20.1 Å². The average molecular weight is 611 g/mol. The van der Waals surface area contributed by atoms with E-state index in [2.05, 4.69) is 31.4 Å². The molecule has 5 rings (SSSR count). The van der Waals surface area contributed by atoms with Crippen LogP contribution in [0.1, 0.15) is 62.4 Å². The van der Waals surface area contributed by atoms with Gasteiger partial charge in [-0.1, -0.05) is 56.1 Å². The smallest absolute Gasteiger partial charge is 0.322 e. The second-order valence-electron chi connectivity index (χ2n) is 12.1. The van der Waals surface area contributed by atoms with Gasteiger partial charge in [0.15, 0.2) is 11.5 Å². The number of fused-ring (bicyclic) bond motifs is 1. The van der Waals surface area contributed by atoms with Crippen molar-refractivity contribution in [1.82, 2.24) is 4.90 Å². The number of nitrogens with zero attached hydrogens (tertiary/aromatic N) is 1. The van der Waals surface area contributed by atoms with E-state index >= 15 is 0 Å². The molecule has 7 nitrogen and oxygen atoms in total. The van der Waals surface area contributed by atoms with Gasteiger partial charge in [-0.2, -0.15) is 0 Å². The maximum atomic E-state index is 13.6. The minimum atomic E-state index is -0.230. The molecule has 1 heterocycles. The molecule has 0 radical (unpaired) electrons. The first kappa shape index (κ1) is 30.1. The van der Waals surface area contributed by atoms with Gasteiger partial charge in [0.2, 0.25) is 0 Å². The van der Waals surface area contributed by atoms with Crippen molar-refractivity contribution in [3.05, 3.63) is 81.8 Å². The monoisotopic (exact) mass is 609 g/mol. The fourth-order valence-corrected chi connectivity index (χ4v) is 6.25. The Bertz CT molecular complexity index is 1410. The maximum Gasteiger partial charge on any atom is 0.322 e. The molecule has 1 aliphatic carbocycles. The fraction of sp³-hybridized carbons (Fsp3) is 0.394. The van der Waals surface area contributed by atoms with Crippen LogP contribution in [0, 0.1) is 11.3 Å². The molecule has 3 aromatic carbocycles. The molecule has 0 spiro atoms. The number of rotatable bonds is 6. The molecule has 0 atom stereocenters. The predicted octanol–water partition coefficient (Wildman–Crippen LogP) is 8.66. The lowest BCUT2D eigenvalue weighted by atomic mass is 9.71. The maximum absolute atomic E-state index is 13.6. The molecule has 3 aromatic rings. The van der Waals surface area contributed by atoms with Gasteiger partial charge in [-0.05, 0) is 85.0 Å². The van der Waals surface area contributed by atoms with Crippen LogP contribution in [0.25, 0.3) is 0 Å². The van der Waals surface area contributed by atoms with Gasteiger partial charge in [-0.25, -0.2) is 4.79 Å². The fourth-order valence-electron chi connectivity index (χ4n) is 5.72. The third-order valence-corrected chi connectivity index (χ3v) is 8.54. The second kappa shape index (κ2) is 12.8. The Labute approximate surface area is 257 Å². The normalized spacial score (nSPS) is 18.2. The van der Waals surface area contributed by atoms with Gasteiger partial charge in [0, 0.05) is 45.6 Å². The standard InChI is InChI=1S/C33H37Cl2N3O4/c1-33(2,3)23-8-11-28(12-9-23)38(32(40)37-27-17-24(34)16-25(35)18-27)20-21-4-6-22(7-5-21)31(39)36-26-10-13-29-30(19-26)42-15-14-41-29/h4-7,10,13,16-19,23,28H,8-9,11-12,14-15,20H2,1-3H3,(H,36,39)(H,37,40). The summed E-state index contributed by atoms with van der Waals surface area (Å²) in [5.74, 6) is 1.68. The first-order valence-electron chi connectivity index (χ1n) is 14.4. The van der Waals surface area contributed by atoms with Crippen LogP contribution in [0.4, 0.5) is 16.2 Å². The van der Waals surface area contributed by atoms with Crippen LogP contribution in [0.3, 0.4) is 0 Å². The van der Waals surface area contributed by atoms with Crippen molar-refractivity contribution >= 4 is 46.5 Å². The highest BCUT2D eigenvalue weighted by Crippen LogP contribution is 2.39. The second-order valence-corrected chi connectivity index (χ2v) is 13.0. The van der Waals surface area contributed by atoms with E-state index in [0.717, 1.165) is 31.2 Å². The van der Waals surface area contributed by atoms with E-state index in [1.807, 2.05) is 17.0 Å². The van der Waals surface area contributed by atoms with Gasteiger partial charge in [0.05, 0.1) is 0 Å². The SMILES string of the molecule is CC(C)(C)C1CCC(N(Cc2ccc(C(=O)Nc3ccc4c(c3)OCCO4)cc2)C(=O)Nc2cc(Cl)cc(Cl)c2)CC1. The Morgan fingerprint density at radius 1 is 0.810 bits per heavy atom. The summed E-state index contributed by atoms with van der Waals surface area (Å²) < 4.78 is 11.2. The molecule has 42 heavy (non-hydrogen) atoms. The quantitative estimate of drug-likeness (QED) is 0.293. The zero-order valence-corrected chi connectivity index (χ0v) is 25.7. The predicted molar refractivity (Wildman–Crippen MR) is 168 cm³/mol. The highest BCUT2D eigenvalue weighted by Gasteiger charge is 2.34. The molecule has 1 fully saturated rings. The van der Waals surface area contributed by atoms with Crippen LogP contribution in [0.2, 0.25) is 10.0 Å². The molecular weight excluding hydrogens is 573 g/mol. The summed E-state index contributed by atoms with van der Waals surface area (Å²) in [7, 11) is 0. The third kappa shape index (κ3) is 7.50. The molecule has 0 saturated heterocycles. The Hall–Kier alpha value is -3.42. The number of nitrogens with one attached hydrogen (secondary N) is 2. The number of urea groups is 1. The first-order chi connectivity index (χ1) is 20.0. The van der Waals surface area contributed by atoms with Gasteiger partial charge in [-0.15, -0.1) is 0 Å². The average Bonchev–Trinajstić information content (AvgIpc) is 2.95. The number of amides is 3. The summed E-state index contributed by atoms with van der Waals surface area (Å²) in [5.41, 5.74) is 2.87. The Morgan fingerprint density at radius 3 is 2.10 bits per heavy atom. The van der Waals surface area contributed by atoms with E-state index in [1.165, 1.54) is 0 Å². The molecule has 2 aliphatic rings. The van der Waals surface area contributed by atoms with Crippen LogP contribution >= 0.6 is 23.2 Å². The van der Waals surface area contributed by atoms with E-state index in [9.17, 15) is 9.59 Å². The van der Waals surface area contributed by atoms with Crippen molar-refractivity contribution in [3.8, 4) is 11.5 Å². The molecule has 1 saturated carbocycles. The van der Waals surface area contributed by atoms with Crippen LogP contribution in [-0.4, -0.2) is 36.1 Å². The van der Waals surface area contributed by atoms with E-state index in [0.29, 0.717) is 64.2 Å². The summed E-state index contributed by atoms with van der Waals surface area (Å²) in [4.78, 5) is 28.5. The zero-order chi connectivity index (χ0) is 29.9. The van der Waals surface area contributed by atoms with Gasteiger partial charge in [0.1, 0.15) is 13.2 Å². The number of carbonyl (C=O) groups is 2. The summed E-state index contributed by atoms with van der Waals surface area (Å²) >= 11 is 12.4. The van der Waals surface area contributed by atoms with Crippen LogP contribution in [-0.2, 0) is 6.54 Å². The molecule has 222 valence electrons. The van der Waals surface area contributed by atoms with Crippen molar-refractivity contribution in [2.75, 3.05) is 23.8 Å². The summed E-state index contributed by atoms with van der Waals surface area (Å²) in [5, 5.41) is 6.83. The van der Waals surface area contributed by atoms with E-state index in [1.54, 1.807) is 48.5 Å². The Morgan fingerprint density at radius 2 is 1.45 bits per heavy atom. The number of carbonyl (C=O) groups excluding carboxylic acids is 2. The zero-order valence-electron chi connectivity index (χ0n) is 24.2. The van der Waals surface area contributed by atoms with Crippen LogP contribution in [0.15, 0.2) is 60.7 Å². The van der Waals surface area contributed by atoms with Gasteiger partial charge in [-0.3, -0.25) is 4.79 Å². The van der Waals surface area contributed by atoms with Crippen molar-refractivity contribution in [2.45, 2.75) is 59.0 Å². The number of hydrogen-bond donors (Lipinski definition) is 2. The van der Waals surface area contributed by atoms with E-state index in [-0.39, 0.29) is 23.4 Å². The highest BCUT2D eigenvalue weighted by atomic mass is 35.5. The molecular formula is C33H37Cl2N3O4. The van der Waals surface area contributed by atoms with Gasteiger partial charge < -0.3 is 25.0 Å². The van der Waals surface area contributed by atoms with Crippen LogP contribution in [0.5, 0.6) is 11.5 Å². The van der Waals surface area contributed by atoms with Crippen molar-refractivity contribution in [1.29, 1.82) is 0 Å². The molecule has 0 aromatic heterocycles. The summed E-state index contributed by atoms with van der Waals surface area (Å²) in [6.07, 6.45) is 4.00. The number of ether oxygens (including phenoxy) is 2. The lowest BCUT2D eigenvalue weighted by molar-refractivity contribution is 0.102. The molecule has 9 heteroatoms.